The van der Waals surface area contributed by atoms with E-state index in [1.165, 1.54) is 0 Å². The van der Waals surface area contributed by atoms with Crippen molar-refractivity contribution >= 4 is 11.8 Å². The van der Waals surface area contributed by atoms with Crippen molar-refractivity contribution in [2.45, 2.75) is 18.9 Å². The predicted molar refractivity (Wildman–Crippen MR) is 54.6 cm³/mol. The smallest absolute Gasteiger partial charge is 0.0808 e. The molecule has 1 atom stereocenters. The summed E-state index contributed by atoms with van der Waals surface area (Å²) in [6, 6.07) is 2.11. The summed E-state index contributed by atoms with van der Waals surface area (Å²) < 4.78 is 0. The summed E-state index contributed by atoms with van der Waals surface area (Å²) in [5.74, 6) is 1.66. The first kappa shape index (κ1) is 10.8. The average Bonchev–Trinajstić information content (AvgIpc) is 2.51. The van der Waals surface area contributed by atoms with E-state index in [1.54, 1.807) is 11.8 Å². The van der Waals surface area contributed by atoms with Crippen molar-refractivity contribution in [2.24, 2.45) is 0 Å². The zero-order chi connectivity index (χ0) is 9.52. The van der Waals surface area contributed by atoms with Crippen LogP contribution in [0, 0.1) is 11.3 Å². The number of aliphatic hydroxyl groups is 1. The molecule has 0 radical (unpaired) electrons. The lowest BCUT2D eigenvalue weighted by atomic mass is 10.3. The van der Waals surface area contributed by atoms with Crippen LogP contribution in [0.15, 0.2) is 0 Å². The average molecular weight is 200 g/mol. The van der Waals surface area contributed by atoms with E-state index in [1.807, 2.05) is 0 Å². The second kappa shape index (κ2) is 6.25. The van der Waals surface area contributed by atoms with Gasteiger partial charge in [-0.1, -0.05) is 0 Å². The number of hydrogen-bond acceptors (Lipinski definition) is 4. The van der Waals surface area contributed by atoms with Gasteiger partial charge in [-0.3, -0.25) is 0 Å². The van der Waals surface area contributed by atoms with Gasteiger partial charge in [0.05, 0.1) is 17.9 Å². The lowest BCUT2D eigenvalue weighted by molar-refractivity contribution is 0.176. The Balaban J connectivity index is 1.92. The Morgan fingerprint density at radius 1 is 1.62 bits per heavy atom. The van der Waals surface area contributed by atoms with E-state index >= 15 is 0 Å². The molecule has 4 heteroatoms. The molecular formula is C9H16N2OS. The third kappa shape index (κ3) is 4.51. The number of aliphatic hydroxyl groups excluding tert-OH is 1. The van der Waals surface area contributed by atoms with Gasteiger partial charge in [0.25, 0.3) is 0 Å². The molecule has 0 aromatic carbocycles. The quantitative estimate of drug-likeness (QED) is 0.664. The number of nitrogens with zero attached hydrogens (tertiary/aromatic N) is 2. The van der Waals surface area contributed by atoms with Crippen LogP contribution in [0.3, 0.4) is 0 Å². The highest BCUT2D eigenvalue weighted by molar-refractivity contribution is 7.99. The fourth-order valence-corrected chi connectivity index (χ4v) is 2.09. The highest BCUT2D eigenvalue weighted by atomic mass is 32.2. The Morgan fingerprint density at radius 2 is 2.46 bits per heavy atom. The molecule has 0 amide bonds. The molecule has 1 aliphatic heterocycles. The van der Waals surface area contributed by atoms with Gasteiger partial charge in [0.1, 0.15) is 0 Å². The van der Waals surface area contributed by atoms with Crippen LogP contribution in [0.1, 0.15) is 12.8 Å². The highest BCUT2D eigenvalue weighted by Crippen LogP contribution is 2.10. The van der Waals surface area contributed by atoms with Gasteiger partial charge < -0.3 is 10.0 Å². The predicted octanol–water partition coefficient (Wildman–Crippen LogP) is 0.700. The lowest BCUT2D eigenvalue weighted by Crippen LogP contribution is -2.23. The molecule has 1 N–H and O–H groups in total. The van der Waals surface area contributed by atoms with Gasteiger partial charge in [-0.2, -0.15) is 5.26 Å². The number of likely N-dealkylation sites (tertiary alicyclic amines) is 1. The van der Waals surface area contributed by atoms with Gasteiger partial charge in [0.2, 0.25) is 0 Å². The first-order valence-corrected chi connectivity index (χ1v) is 5.83. The molecule has 0 saturated carbocycles. The van der Waals surface area contributed by atoms with E-state index in [-0.39, 0.29) is 6.10 Å². The molecule has 0 aromatic heterocycles. The van der Waals surface area contributed by atoms with E-state index in [0.717, 1.165) is 38.2 Å². The molecule has 1 heterocycles. The maximum atomic E-state index is 9.25. The van der Waals surface area contributed by atoms with Crippen LogP contribution in [0.4, 0.5) is 0 Å². The monoisotopic (exact) mass is 200 g/mol. The summed E-state index contributed by atoms with van der Waals surface area (Å²) >= 11 is 1.69. The number of thioether (sulfide) groups is 1. The van der Waals surface area contributed by atoms with Gasteiger partial charge in [0.15, 0.2) is 0 Å². The van der Waals surface area contributed by atoms with Crippen molar-refractivity contribution < 1.29 is 5.11 Å². The van der Waals surface area contributed by atoms with E-state index in [0.29, 0.717) is 5.75 Å². The van der Waals surface area contributed by atoms with Crippen molar-refractivity contribution in [2.75, 3.05) is 31.1 Å². The summed E-state index contributed by atoms with van der Waals surface area (Å²) in [6.45, 7) is 2.93. The molecule has 0 spiro atoms. The molecule has 0 aliphatic carbocycles. The first-order valence-electron chi connectivity index (χ1n) is 4.68. The van der Waals surface area contributed by atoms with Crippen molar-refractivity contribution in [3.8, 4) is 6.07 Å². The van der Waals surface area contributed by atoms with Crippen molar-refractivity contribution in [3.05, 3.63) is 0 Å². The minimum absolute atomic E-state index is 0.105. The molecular weight excluding hydrogens is 184 g/mol. The Labute approximate surface area is 83.7 Å². The maximum absolute atomic E-state index is 9.25. The van der Waals surface area contributed by atoms with Crippen molar-refractivity contribution in [1.29, 1.82) is 5.26 Å². The van der Waals surface area contributed by atoms with Crippen molar-refractivity contribution in [1.82, 2.24) is 4.90 Å². The number of β-amino-alcohol motifs (C(OH)–C–C–N with tert-alkyl or cyclic N) is 1. The van der Waals surface area contributed by atoms with Gasteiger partial charge in [-0.05, 0) is 25.1 Å². The topological polar surface area (TPSA) is 47.3 Å². The third-order valence-electron chi connectivity index (χ3n) is 2.18. The van der Waals surface area contributed by atoms with Crippen LogP contribution in [0.5, 0.6) is 0 Å². The summed E-state index contributed by atoms with van der Waals surface area (Å²) in [4.78, 5) is 2.29. The van der Waals surface area contributed by atoms with Gasteiger partial charge in [-0.25, -0.2) is 0 Å². The second-order valence-electron chi connectivity index (χ2n) is 3.31. The largest absolute Gasteiger partial charge is 0.392 e. The molecule has 1 aliphatic rings. The zero-order valence-electron chi connectivity index (χ0n) is 7.78. The number of rotatable bonds is 5. The number of nitriles is 1. The summed E-state index contributed by atoms with van der Waals surface area (Å²) in [5.41, 5.74) is 0. The van der Waals surface area contributed by atoms with Crippen molar-refractivity contribution in [3.63, 3.8) is 0 Å². The van der Waals surface area contributed by atoms with E-state index < -0.39 is 0 Å². The molecule has 1 saturated heterocycles. The summed E-state index contributed by atoms with van der Waals surface area (Å²) in [5, 5.41) is 17.5. The van der Waals surface area contributed by atoms with Gasteiger partial charge >= 0.3 is 0 Å². The first-order chi connectivity index (χ1) is 6.33. The van der Waals surface area contributed by atoms with Crippen LogP contribution < -0.4 is 0 Å². The molecule has 3 nitrogen and oxygen atoms in total. The minimum atomic E-state index is -0.105. The van der Waals surface area contributed by atoms with E-state index in [4.69, 9.17) is 5.26 Å². The van der Waals surface area contributed by atoms with Crippen LogP contribution in [-0.4, -0.2) is 47.3 Å². The van der Waals surface area contributed by atoms with E-state index in [9.17, 15) is 5.11 Å². The Bertz CT molecular complexity index is 181. The maximum Gasteiger partial charge on any atom is 0.0808 e. The lowest BCUT2D eigenvalue weighted by Gasteiger charge is -2.13. The normalized spacial score (nSPS) is 23.2. The molecule has 1 fully saturated rings. The fraction of sp³-hybridized carbons (Fsp3) is 0.889. The molecule has 1 rings (SSSR count). The van der Waals surface area contributed by atoms with Crippen LogP contribution in [0.2, 0.25) is 0 Å². The van der Waals surface area contributed by atoms with Crippen LogP contribution in [0.25, 0.3) is 0 Å². The summed E-state index contributed by atoms with van der Waals surface area (Å²) in [6.07, 6.45) is 1.94. The van der Waals surface area contributed by atoms with E-state index in [2.05, 4.69) is 11.0 Å². The summed E-state index contributed by atoms with van der Waals surface area (Å²) in [7, 11) is 0. The Kier molecular flexibility index (Phi) is 5.21. The fourth-order valence-electron chi connectivity index (χ4n) is 1.52. The Hall–Kier alpha value is -0.240. The van der Waals surface area contributed by atoms with Crippen LogP contribution in [-0.2, 0) is 0 Å². The molecule has 74 valence electrons. The molecule has 0 aromatic rings. The highest BCUT2D eigenvalue weighted by Gasteiger charge is 2.18. The second-order valence-corrected chi connectivity index (χ2v) is 4.41. The SMILES string of the molecule is N#CCSCCCN1CC[C@H](O)C1. The Morgan fingerprint density at radius 3 is 3.08 bits per heavy atom. The van der Waals surface area contributed by atoms with Gasteiger partial charge in [-0.15, -0.1) is 11.8 Å². The van der Waals surface area contributed by atoms with Gasteiger partial charge in [0, 0.05) is 13.1 Å². The third-order valence-corrected chi connectivity index (χ3v) is 3.09. The zero-order valence-corrected chi connectivity index (χ0v) is 8.59. The molecule has 0 unspecified atom stereocenters. The van der Waals surface area contributed by atoms with Crippen LogP contribution >= 0.6 is 11.8 Å². The number of hydrogen-bond donors (Lipinski definition) is 1. The standard InChI is InChI=1S/C9H16N2OS/c10-3-7-13-6-1-4-11-5-2-9(12)8-11/h9,12H,1-2,4-8H2/t9-/m0/s1. The molecule has 13 heavy (non-hydrogen) atoms. The molecule has 0 bridgehead atoms. The minimum Gasteiger partial charge on any atom is -0.392 e.